The summed E-state index contributed by atoms with van der Waals surface area (Å²) in [5.74, 6) is -2.24. The number of hydrogen-bond acceptors (Lipinski definition) is 5. The van der Waals surface area contributed by atoms with Gasteiger partial charge in [-0.3, -0.25) is 19.1 Å². The van der Waals surface area contributed by atoms with Crippen LogP contribution in [0.25, 0.3) is 10.9 Å². The predicted octanol–water partition coefficient (Wildman–Crippen LogP) is 1.99. The van der Waals surface area contributed by atoms with Crippen LogP contribution in [0, 0.1) is 5.82 Å². The SMILES string of the molecule is CC1(O)CC(N(CC(=O)NCc2cccc(Cl)c2F)C(=O)Cn2nc(C(N)=O)c3ccccc32)C1. The smallest absolute Gasteiger partial charge is 0.269 e. The van der Waals surface area contributed by atoms with Crippen LogP contribution in [0.4, 0.5) is 4.39 Å². The van der Waals surface area contributed by atoms with E-state index in [1.807, 2.05) is 0 Å². The fourth-order valence-electron chi connectivity index (χ4n) is 4.34. The van der Waals surface area contributed by atoms with Crippen LogP contribution in [0.15, 0.2) is 42.5 Å². The summed E-state index contributed by atoms with van der Waals surface area (Å²) >= 11 is 5.79. The first-order valence-electron chi connectivity index (χ1n) is 11.0. The molecule has 0 radical (unpaired) electrons. The fourth-order valence-corrected chi connectivity index (χ4v) is 4.53. The average molecular weight is 502 g/mol. The zero-order valence-electron chi connectivity index (χ0n) is 19.0. The summed E-state index contributed by atoms with van der Waals surface area (Å²) in [7, 11) is 0. The number of carbonyl (C=O) groups excluding carboxylic acids is 3. The Balaban J connectivity index is 1.50. The first-order valence-corrected chi connectivity index (χ1v) is 11.4. The van der Waals surface area contributed by atoms with Gasteiger partial charge >= 0.3 is 0 Å². The van der Waals surface area contributed by atoms with E-state index in [0.29, 0.717) is 23.7 Å². The summed E-state index contributed by atoms with van der Waals surface area (Å²) in [4.78, 5) is 39.2. The maximum atomic E-state index is 14.1. The van der Waals surface area contributed by atoms with Crippen molar-refractivity contribution in [2.45, 2.75) is 44.5 Å². The fraction of sp³-hybridized carbons (Fsp3) is 0.333. The van der Waals surface area contributed by atoms with Gasteiger partial charge in [-0.15, -0.1) is 0 Å². The molecule has 1 aliphatic carbocycles. The molecule has 0 spiro atoms. The molecule has 9 nitrogen and oxygen atoms in total. The molecule has 11 heteroatoms. The molecule has 35 heavy (non-hydrogen) atoms. The van der Waals surface area contributed by atoms with Crippen molar-refractivity contribution in [3.8, 4) is 0 Å². The number of nitrogens with two attached hydrogens (primary N) is 1. The highest BCUT2D eigenvalue weighted by atomic mass is 35.5. The van der Waals surface area contributed by atoms with Crippen LogP contribution in [-0.2, 0) is 22.7 Å². The third-order valence-electron chi connectivity index (χ3n) is 6.11. The number of nitrogens with one attached hydrogen (secondary N) is 1. The number of benzene rings is 2. The molecule has 1 saturated carbocycles. The molecule has 0 unspecified atom stereocenters. The van der Waals surface area contributed by atoms with Crippen molar-refractivity contribution >= 4 is 40.2 Å². The lowest BCUT2D eigenvalue weighted by Crippen LogP contribution is -2.58. The number of amides is 3. The highest BCUT2D eigenvalue weighted by Gasteiger charge is 2.43. The molecule has 4 rings (SSSR count). The van der Waals surface area contributed by atoms with Crippen molar-refractivity contribution in [3.05, 3.63) is 64.6 Å². The van der Waals surface area contributed by atoms with Gasteiger partial charge in [-0.25, -0.2) is 4.39 Å². The van der Waals surface area contributed by atoms with Crippen LogP contribution in [0.1, 0.15) is 35.8 Å². The molecule has 1 heterocycles. The van der Waals surface area contributed by atoms with E-state index in [4.69, 9.17) is 17.3 Å². The van der Waals surface area contributed by atoms with Crippen LogP contribution in [-0.4, -0.2) is 55.7 Å². The Labute approximate surface area is 205 Å². The molecule has 0 atom stereocenters. The molecule has 1 fully saturated rings. The van der Waals surface area contributed by atoms with Crippen LogP contribution >= 0.6 is 11.6 Å². The number of rotatable bonds is 8. The lowest BCUT2D eigenvalue weighted by atomic mass is 9.76. The number of nitrogens with zero attached hydrogens (tertiary/aromatic N) is 3. The quantitative estimate of drug-likeness (QED) is 0.434. The molecule has 3 aromatic rings. The maximum absolute atomic E-state index is 14.1. The van der Waals surface area contributed by atoms with Crippen LogP contribution in [0.5, 0.6) is 0 Å². The van der Waals surface area contributed by atoms with Crippen LogP contribution in [0.2, 0.25) is 5.02 Å². The van der Waals surface area contributed by atoms with Crippen molar-refractivity contribution in [3.63, 3.8) is 0 Å². The van der Waals surface area contributed by atoms with E-state index >= 15 is 0 Å². The molecule has 4 N–H and O–H groups in total. The number of fused-ring (bicyclic) bond motifs is 1. The summed E-state index contributed by atoms with van der Waals surface area (Å²) in [5, 5.41) is 17.5. The zero-order chi connectivity index (χ0) is 25.3. The third-order valence-corrected chi connectivity index (χ3v) is 6.40. The Morgan fingerprint density at radius 3 is 2.66 bits per heavy atom. The van der Waals surface area contributed by atoms with E-state index < -0.39 is 29.1 Å². The Bertz CT molecular complexity index is 1300. The normalized spacial score (nSPS) is 19.3. The van der Waals surface area contributed by atoms with Gasteiger partial charge in [0.15, 0.2) is 5.69 Å². The Kier molecular flexibility index (Phi) is 6.77. The average Bonchev–Trinajstić information content (AvgIpc) is 3.15. The van der Waals surface area contributed by atoms with Gasteiger partial charge < -0.3 is 21.1 Å². The Morgan fingerprint density at radius 2 is 1.97 bits per heavy atom. The van der Waals surface area contributed by atoms with Gasteiger partial charge in [0.1, 0.15) is 12.4 Å². The van der Waals surface area contributed by atoms with Crippen molar-refractivity contribution in [1.82, 2.24) is 20.0 Å². The molecule has 1 aliphatic rings. The molecule has 1 aromatic heterocycles. The monoisotopic (exact) mass is 501 g/mol. The van der Waals surface area contributed by atoms with Gasteiger partial charge in [0, 0.05) is 23.5 Å². The van der Waals surface area contributed by atoms with Gasteiger partial charge in [0.25, 0.3) is 5.91 Å². The maximum Gasteiger partial charge on any atom is 0.269 e. The van der Waals surface area contributed by atoms with E-state index in [-0.39, 0.29) is 42.0 Å². The van der Waals surface area contributed by atoms with Crippen molar-refractivity contribution in [2.24, 2.45) is 5.73 Å². The third kappa shape index (κ3) is 5.28. The minimum atomic E-state index is -0.929. The standard InChI is InChI=1S/C24H25ClFN5O4/c1-24(35)9-15(10-24)30(12-19(32)28-11-14-5-4-7-17(25)21(14)26)20(33)13-31-18-8-3-2-6-16(18)22(29-31)23(27)34/h2-8,15,35H,9-13H2,1H3,(H2,27,34)(H,28,32). The summed E-state index contributed by atoms with van der Waals surface area (Å²) in [6.45, 7) is 1.04. The number of hydrogen-bond donors (Lipinski definition) is 3. The number of carbonyl (C=O) groups is 3. The summed E-state index contributed by atoms with van der Waals surface area (Å²) < 4.78 is 15.5. The summed E-state index contributed by atoms with van der Waals surface area (Å²) in [6.07, 6.45) is 0.614. The summed E-state index contributed by atoms with van der Waals surface area (Å²) in [5.41, 5.74) is 5.32. The van der Waals surface area contributed by atoms with E-state index in [1.54, 1.807) is 37.3 Å². The number of aliphatic hydroxyl groups is 1. The van der Waals surface area contributed by atoms with E-state index in [1.165, 1.54) is 21.7 Å². The van der Waals surface area contributed by atoms with Gasteiger partial charge in [-0.05, 0) is 31.9 Å². The highest BCUT2D eigenvalue weighted by molar-refractivity contribution is 6.30. The number of halogens is 2. The molecular weight excluding hydrogens is 477 g/mol. The first-order chi connectivity index (χ1) is 16.6. The van der Waals surface area contributed by atoms with Gasteiger partial charge in [-0.1, -0.05) is 41.9 Å². The number of aromatic nitrogens is 2. The Morgan fingerprint density at radius 1 is 1.26 bits per heavy atom. The zero-order valence-corrected chi connectivity index (χ0v) is 19.8. The lowest BCUT2D eigenvalue weighted by Gasteiger charge is -2.46. The second kappa shape index (κ2) is 9.63. The predicted molar refractivity (Wildman–Crippen MR) is 127 cm³/mol. The second-order valence-corrected chi connectivity index (χ2v) is 9.37. The minimum Gasteiger partial charge on any atom is -0.390 e. The molecule has 0 bridgehead atoms. The van der Waals surface area contributed by atoms with E-state index in [0.717, 1.165) is 0 Å². The highest BCUT2D eigenvalue weighted by Crippen LogP contribution is 2.35. The van der Waals surface area contributed by atoms with E-state index in [2.05, 4.69) is 10.4 Å². The van der Waals surface area contributed by atoms with Gasteiger partial charge in [0.05, 0.1) is 22.7 Å². The molecule has 184 valence electrons. The van der Waals surface area contributed by atoms with Crippen molar-refractivity contribution in [2.75, 3.05) is 6.54 Å². The molecular formula is C24H25ClFN5O4. The molecule has 0 saturated heterocycles. The first kappa shape index (κ1) is 24.6. The number of primary amides is 1. The largest absolute Gasteiger partial charge is 0.390 e. The Hall–Kier alpha value is -3.50. The second-order valence-electron chi connectivity index (χ2n) is 8.96. The van der Waals surface area contributed by atoms with Gasteiger partial charge in [0.2, 0.25) is 11.8 Å². The van der Waals surface area contributed by atoms with Crippen LogP contribution < -0.4 is 11.1 Å². The van der Waals surface area contributed by atoms with Crippen molar-refractivity contribution in [1.29, 1.82) is 0 Å². The van der Waals surface area contributed by atoms with Gasteiger partial charge in [-0.2, -0.15) is 5.10 Å². The minimum absolute atomic E-state index is 0.0489. The van der Waals surface area contributed by atoms with E-state index in [9.17, 15) is 23.9 Å². The topological polar surface area (TPSA) is 131 Å². The molecule has 2 aromatic carbocycles. The summed E-state index contributed by atoms with van der Waals surface area (Å²) in [6, 6.07) is 11.0. The van der Waals surface area contributed by atoms with Crippen LogP contribution in [0.3, 0.4) is 0 Å². The van der Waals surface area contributed by atoms with Crippen molar-refractivity contribution < 1.29 is 23.9 Å². The molecule has 3 amide bonds. The lowest BCUT2D eigenvalue weighted by molar-refractivity contribution is -0.148. The molecule has 0 aliphatic heterocycles. The number of para-hydroxylation sites is 1.